The molecule has 2 fully saturated rings. The molecule has 0 radical (unpaired) electrons. The Kier molecular flexibility index (Phi) is 5.23. The van der Waals surface area contributed by atoms with Crippen LogP contribution in [-0.2, 0) is 0 Å². The number of hydrogen-bond donors (Lipinski definition) is 2. The smallest absolute Gasteiger partial charge is 0.339 e. The molecule has 0 amide bonds. The Morgan fingerprint density at radius 3 is 2.64 bits per heavy atom. The maximum absolute atomic E-state index is 14.4. The van der Waals surface area contributed by atoms with Gasteiger partial charge in [-0.15, -0.1) is 0 Å². The Morgan fingerprint density at radius 2 is 1.97 bits per heavy atom. The van der Waals surface area contributed by atoms with Gasteiger partial charge in [-0.3, -0.25) is 9.20 Å². The second-order valence-electron chi connectivity index (χ2n) is 8.97. The van der Waals surface area contributed by atoms with Crippen molar-refractivity contribution >= 4 is 34.9 Å². The van der Waals surface area contributed by atoms with Gasteiger partial charge in [-0.05, 0) is 50.2 Å². The first-order valence-electron chi connectivity index (χ1n) is 10.9. The fraction of sp³-hybridized carbons (Fsp3) is 0.391. The van der Waals surface area contributed by atoms with Crippen molar-refractivity contribution in [1.29, 1.82) is 0 Å². The standard InChI is InChI=1S/C23H23ClFN5O3/c1-13(27-20-17(22(32)33)8-14(24)11-26-20)16-9-15(25)12-30-19(31)10-18(28-21(16)30)29-6-4-23(2-3-23)5-7-29/h8-13H,2-7H2,1H3,(H,26,27)(H,32,33)/t13-/m1/s1. The van der Waals surface area contributed by atoms with Gasteiger partial charge in [0.15, 0.2) is 0 Å². The zero-order valence-corrected chi connectivity index (χ0v) is 18.8. The van der Waals surface area contributed by atoms with Gasteiger partial charge in [-0.25, -0.2) is 19.2 Å². The minimum atomic E-state index is -1.20. The first-order chi connectivity index (χ1) is 15.7. The number of hydrogen-bond acceptors (Lipinski definition) is 6. The summed E-state index contributed by atoms with van der Waals surface area (Å²) in [7, 11) is 0. The minimum Gasteiger partial charge on any atom is -0.478 e. The van der Waals surface area contributed by atoms with Gasteiger partial charge in [0.2, 0.25) is 0 Å². The summed E-state index contributed by atoms with van der Waals surface area (Å²) >= 11 is 5.89. The van der Waals surface area contributed by atoms with Crippen molar-refractivity contribution in [2.75, 3.05) is 23.3 Å². The number of halogens is 2. The molecule has 1 saturated heterocycles. The number of carbonyl (C=O) groups is 1. The zero-order valence-electron chi connectivity index (χ0n) is 18.0. The highest BCUT2D eigenvalue weighted by Crippen LogP contribution is 2.53. The Hall–Kier alpha value is -3.20. The van der Waals surface area contributed by atoms with E-state index in [-0.39, 0.29) is 22.0 Å². The van der Waals surface area contributed by atoms with E-state index in [9.17, 15) is 19.1 Å². The van der Waals surface area contributed by atoms with E-state index in [4.69, 9.17) is 16.6 Å². The van der Waals surface area contributed by atoms with Crippen LogP contribution >= 0.6 is 11.6 Å². The molecular weight excluding hydrogens is 449 g/mol. The highest BCUT2D eigenvalue weighted by molar-refractivity contribution is 6.30. The minimum absolute atomic E-state index is 0.0890. The number of nitrogens with one attached hydrogen (secondary N) is 1. The Bertz CT molecular complexity index is 1310. The van der Waals surface area contributed by atoms with E-state index in [1.54, 1.807) is 6.92 Å². The topological polar surface area (TPSA) is 99.8 Å². The Morgan fingerprint density at radius 1 is 1.24 bits per heavy atom. The van der Waals surface area contributed by atoms with Gasteiger partial charge in [0.25, 0.3) is 5.56 Å². The molecule has 0 unspecified atom stereocenters. The molecule has 3 aromatic rings. The monoisotopic (exact) mass is 471 g/mol. The van der Waals surface area contributed by atoms with Crippen LogP contribution in [0.2, 0.25) is 5.02 Å². The lowest BCUT2D eigenvalue weighted by Gasteiger charge is -2.33. The second-order valence-corrected chi connectivity index (χ2v) is 9.40. The van der Waals surface area contributed by atoms with Gasteiger partial charge in [-0.2, -0.15) is 0 Å². The third kappa shape index (κ3) is 4.13. The molecule has 8 nitrogen and oxygen atoms in total. The SMILES string of the molecule is C[C@@H](Nc1ncc(Cl)cc1C(=O)O)c1cc(F)cn2c(=O)cc(N3CCC4(CC3)CC4)nc12. The summed E-state index contributed by atoms with van der Waals surface area (Å²) in [5, 5.41) is 12.7. The molecule has 4 heterocycles. The highest BCUT2D eigenvalue weighted by Gasteiger charge is 2.44. The molecule has 33 heavy (non-hydrogen) atoms. The first-order valence-corrected chi connectivity index (χ1v) is 11.3. The van der Waals surface area contributed by atoms with E-state index in [0.717, 1.165) is 32.1 Å². The van der Waals surface area contributed by atoms with Crippen LogP contribution in [0.3, 0.4) is 0 Å². The van der Waals surface area contributed by atoms with Crippen molar-refractivity contribution in [3.05, 3.63) is 62.9 Å². The van der Waals surface area contributed by atoms with E-state index in [0.29, 0.717) is 22.4 Å². The van der Waals surface area contributed by atoms with Gasteiger partial charge in [0, 0.05) is 37.1 Å². The predicted molar refractivity (Wildman–Crippen MR) is 123 cm³/mol. The largest absolute Gasteiger partial charge is 0.478 e. The van der Waals surface area contributed by atoms with Gasteiger partial charge < -0.3 is 15.3 Å². The summed E-state index contributed by atoms with van der Waals surface area (Å²) in [6.07, 6.45) is 7.17. The number of carboxylic acids is 1. The average molecular weight is 472 g/mol. The van der Waals surface area contributed by atoms with Crippen molar-refractivity contribution in [2.24, 2.45) is 5.41 Å². The summed E-state index contributed by atoms with van der Waals surface area (Å²) in [6, 6.07) is 3.44. The lowest BCUT2D eigenvalue weighted by molar-refractivity contribution is 0.0697. The summed E-state index contributed by atoms with van der Waals surface area (Å²) in [6.45, 7) is 3.40. The highest BCUT2D eigenvalue weighted by atomic mass is 35.5. The molecule has 1 spiro atoms. The fourth-order valence-electron chi connectivity index (χ4n) is 4.55. The van der Waals surface area contributed by atoms with Crippen molar-refractivity contribution in [3.8, 4) is 0 Å². The van der Waals surface area contributed by atoms with E-state index in [1.807, 2.05) is 0 Å². The van der Waals surface area contributed by atoms with E-state index < -0.39 is 17.8 Å². The van der Waals surface area contributed by atoms with Crippen molar-refractivity contribution in [1.82, 2.24) is 14.4 Å². The summed E-state index contributed by atoms with van der Waals surface area (Å²) in [5.74, 6) is -1.13. The maximum Gasteiger partial charge on any atom is 0.339 e. The third-order valence-corrected chi connectivity index (χ3v) is 6.96. The molecule has 10 heteroatoms. The third-order valence-electron chi connectivity index (χ3n) is 6.75. The van der Waals surface area contributed by atoms with Crippen LogP contribution in [0.25, 0.3) is 5.65 Å². The zero-order chi connectivity index (χ0) is 23.3. The summed E-state index contributed by atoms with van der Waals surface area (Å²) in [4.78, 5) is 35.4. The number of anilines is 2. The summed E-state index contributed by atoms with van der Waals surface area (Å²) in [5.41, 5.74) is 0.741. The number of rotatable bonds is 5. The number of fused-ring (bicyclic) bond motifs is 1. The number of piperidine rings is 1. The number of nitrogens with zero attached hydrogens (tertiary/aromatic N) is 4. The number of aromatic carboxylic acids is 1. The Balaban J connectivity index is 1.53. The van der Waals surface area contributed by atoms with E-state index in [2.05, 4.69) is 15.2 Å². The van der Waals surface area contributed by atoms with Crippen LogP contribution in [-0.4, -0.2) is 38.5 Å². The van der Waals surface area contributed by atoms with Gasteiger partial charge >= 0.3 is 5.97 Å². The molecule has 0 aromatic carbocycles. The molecular formula is C23H23ClFN5O3. The van der Waals surface area contributed by atoms with Crippen molar-refractivity contribution < 1.29 is 14.3 Å². The predicted octanol–water partition coefficient (Wildman–Crippen LogP) is 4.13. The molecule has 0 bridgehead atoms. The summed E-state index contributed by atoms with van der Waals surface area (Å²) < 4.78 is 15.6. The molecule has 1 atom stereocenters. The van der Waals surface area contributed by atoms with E-state index in [1.165, 1.54) is 41.6 Å². The average Bonchev–Trinajstić information content (AvgIpc) is 3.54. The van der Waals surface area contributed by atoms with Crippen molar-refractivity contribution in [2.45, 2.75) is 38.6 Å². The first kappa shape index (κ1) is 21.6. The molecule has 3 aromatic heterocycles. The quantitative estimate of drug-likeness (QED) is 0.577. The molecule has 1 aliphatic carbocycles. The number of aromatic nitrogens is 3. The van der Waals surface area contributed by atoms with Crippen molar-refractivity contribution in [3.63, 3.8) is 0 Å². The van der Waals surface area contributed by atoms with Crippen LogP contribution in [0.4, 0.5) is 16.0 Å². The van der Waals surface area contributed by atoms with Crippen LogP contribution < -0.4 is 15.8 Å². The molecule has 1 aliphatic heterocycles. The second kappa shape index (κ2) is 7.98. The number of carboxylic acid groups (broad SMARTS) is 1. The lowest BCUT2D eigenvalue weighted by atomic mass is 9.94. The van der Waals surface area contributed by atoms with Crippen LogP contribution in [0.5, 0.6) is 0 Å². The molecule has 172 valence electrons. The number of pyridine rings is 2. The van der Waals surface area contributed by atoms with Crippen LogP contribution in [0.15, 0.2) is 35.4 Å². The van der Waals surface area contributed by atoms with Gasteiger partial charge in [0.1, 0.15) is 28.7 Å². The van der Waals surface area contributed by atoms with Gasteiger partial charge in [0.05, 0.1) is 11.1 Å². The normalized spacial score (nSPS) is 17.8. The fourth-order valence-corrected chi connectivity index (χ4v) is 4.71. The van der Waals surface area contributed by atoms with Crippen LogP contribution in [0, 0.1) is 11.2 Å². The lowest BCUT2D eigenvalue weighted by Crippen LogP contribution is -2.36. The van der Waals surface area contributed by atoms with Crippen LogP contribution in [0.1, 0.15) is 54.6 Å². The Labute approximate surface area is 194 Å². The molecule has 1 saturated carbocycles. The van der Waals surface area contributed by atoms with E-state index >= 15 is 0 Å². The molecule has 5 rings (SSSR count). The molecule has 2 aliphatic rings. The maximum atomic E-state index is 14.4. The molecule has 2 N–H and O–H groups in total. The van der Waals surface area contributed by atoms with Gasteiger partial charge in [-0.1, -0.05) is 11.6 Å².